The van der Waals surface area contributed by atoms with E-state index in [-0.39, 0.29) is 16.2 Å². The van der Waals surface area contributed by atoms with Gasteiger partial charge in [0.2, 0.25) is 0 Å². The average molecular weight is 568 g/mol. The molecule has 3 aromatic carbocycles. The van der Waals surface area contributed by atoms with Gasteiger partial charge in [-0.2, -0.15) is 0 Å². The van der Waals surface area contributed by atoms with Crippen molar-refractivity contribution in [2.24, 2.45) is 23.7 Å². The first-order valence-electron chi connectivity index (χ1n) is 17.1. The molecule has 0 radical (unpaired) electrons. The lowest BCUT2D eigenvalue weighted by Crippen LogP contribution is -2.37. The number of fused-ring (bicyclic) bond motifs is 8. The third-order valence-electron chi connectivity index (χ3n) is 12.8. The molecule has 5 aliphatic rings. The summed E-state index contributed by atoms with van der Waals surface area (Å²) in [5, 5.41) is 2.62. The molecule has 1 heterocycles. The lowest BCUT2D eigenvalue weighted by atomic mass is 9.68. The Morgan fingerprint density at radius 2 is 1.07 bits per heavy atom. The fourth-order valence-corrected chi connectivity index (χ4v) is 10.8. The van der Waals surface area contributed by atoms with Crippen LogP contribution >= 0.6 is 0 Å². The van der Waals surface area contributed by atoms with Crippen molar-refractivity contribution in [1.29, 1.82) is 0 Å². The van der Waals surface area contributed by atoms with E-state index in [9.17, 15) is 0 Å². The van der Waals surface area contributed by atoms with Gasteiger partial charge in [-0.1, -0.05) is 89.8 Å². The Balaban J connectivity index is 1.20. The van der Waals surface area contributed by atoms with Gasteiger partial charge in [0.15, 0.2) is 5.82 Å². The SMILES string of the molecule is CC1(c2nc(-c3ccc4c(c3)-c3cc5ccccc5cc3C4(C)C)nc(C3(C)CC4CC[C@@H](C4)C3)n2)CC2CC[C@@H](C2)C1. The largest absolute Gasteiger partial charge is 0.217 e. The van der Waals surface area contributed by atoms with Crippen LogP contribution in [0.4, 0.5) is 0 Å². The maximum absolute atomic E-state index is 5.49. The number of nitrogens with zero attached hydrogens (tertiary/aromatic N) is 3. The number of hydrogen-bond acceptors (Lipinski definition) is 3. The molecule has 0 spiro atoms. The number of benzene rings is 3. The molecule has 0 N–H and O–H groups in total. The van der Waals surface area contributed by atoms with Crippen LogP contribution in [0, 0.1) is 23.7 Å². The van der Waals surface area contributed by atoms with E-state index in [0.29, 0.717) is 0 Å². The van der Waals surface area contributed by atoms with Crippen LogP contribution in [0.1, 0.15) is 115 Å². The first-order chi connectivity index (χ1) is 20.7. The minimum absolute atomic E-state index is 0.0354. The second kappa shape index (κ2) is 8.99. The van der Waals surface area contributed by atoms with Gasteiger partial charge in [-0.3, -0.25) is 0 Å². The fourth-order valence-electron chi connectivity index (χ4n) is 10.8. The minimum atomic E-state index is -0.0354. The van der Waals surface area contributed by atoms with Crippen molar-refractivity contribution in [2.45, 2.75) is 108 Å². The molecule has 43 heavy (non-hydrogen) atoms. The number of aromatic nitrogens is 3. The van der Waals surface area contributed by atoms with Crippen molar-refractivity contribution in [3.05, 3.63) is 77.4 Å². The predicted molar refractivity (Wildman–Crippen MR) is 175 cm³/mol. The number of hydrogen-bond donors (Lipinski definition) is 0. The van der Waals surface area contributed by atoms with Crippen LogP contribution in [-0.4, -0.2) is 15.0 Å². The summed E-state index contributed by atoms with van der Waals surface area (Å²) in [7, 11) is 0. The zero-order valence-corrected chi connectivity index (χ0v) is 26.4. The van der Waals surface area contributed by atoms with E-state index < -0.39 is 0 Å². The summed E-state index contributed by atoms with van der Waals surface area (Å²) in [6.07, 6.45) is 13.3. The molecule has 0 amide bonds. The molecule has 6 atom stereocenters. The molecular formula is C40H45N3. The van der Waals surface area contributed by atoms with Crippen molar-refractivity contribution >= 4 is 10.8 Å². The van der Waals surface area contributed by atoms with Crippen LogP contribution in [0.3, 0.4) is 0 Å². The van der Waals surface area contributed by atoms with Gasteiger partial charge in [-0.25, -0.2) is 15.0 Å². The van der Waals surface area contributed by atoms with E-state index in [1.54, 1.807) is 0 Å². The molecule has 3 nitrogen and oxygen atoms in total. The Kier molecular flexibility index (Phi) is 5.51. The second-order valence-electron chi connectivity index (χ2n) is 16.5. The summed E-state index contributed by atoms with van der Waals surface area (Å²) in [6, 6.07) is 20.7. The quantitative estimate of drug-likeness (QED) is 0.247. The molecule has 1 aromatic heterocycles. The van der Waals surface area contributed by atoms with Gasteiger partial charge in [-0.15, -0.1) is 0 Å². The maximum atomic E-state index is 5.49. The van der Waals surface area contributed by atoms with E-state index in [1.165, 1.54) is 97.2 Å². The Morgan fingerprint density at radius 3 is 1.63 bits per heavy atom. The van der Waals surface area contributed by atoms with Gasteiger partial charge in [-0.05, 0) is 113 Å². The van der Waals surface area contributed by atoms with Crippen LogP contribution in [0.5, 0.6) is 0 Å². The molecule has 4 saturated carbocycles. The smallest absolute Gasteiger partial charge is 0.163 e. The van der Waals surface area contributed by atoms with E-state index in [4.69, 9.17) is 15.0 Å². The van der Waals surface area contributed by atoms with Gasteiger partial charge >= 0.3 is 0 Å². The zero-order chi connectivity index (χ0) is 29.1. The molecule has 4 bridgehead atoms. The first-order valence-corrected chi connectivity index (χ1v) is 17.1. The molecule has 220 valence electrons. The van der Waals surface area contributed by atoms with Gasteiger partial charge in [0.25, 0.3) is 0 Å². The second-order valence-corrected chi connectivity index (χ2v) is 16.5. The molecule has 9 rings (SSSR count). The van der Waals surface area contributed by atoms with Gasteiger partial charge in [0.05, 0.1) is 0 Å². The van der Waals surface area contributed by atoms with E-state index in [0.717, 1.165) is 46.7 Å². The molecule has 4 aromatic rings. The van der Waals surface area contributed by atoms with Crippen molar-refractivity contribution in [3.63, 3.8) is 0 Å². The van der Waals surface area contributed by atoms with Crippen LogP contribution in [-0.2, 0) is 16.2 Å². The van der Waals surface area contributed by atoms with Gasteiger partial charge in [0.1, 0.15) is 11.6 Å². The summed E-state index contributed by atoms with van der Waals surface area (Å²) >= 11 is 0. The molecule has 0 aliphatic heterocycles. The standard InChI is InChI=1S/C40H45N3/c1-38(2)33-14-13-30(18-31(33)32-17-28-7-5-6-8-29(28)19-34(32)38)35-41-36(39(3)20-24-9-10-25(15-24)21-39)43-37(42-35)40(4)22-26-11-12-27(16-26)23-40/h5-8,13-14,17-19,24-27H,9-12,15-16,20-23H2,1-4H3/t24-,25?,26-,27?,39?,40?/m0/s1. The molecular weight excluding hydrogens is 522 g/mol. The monoisotopic (exact) mass is 567 g/mol. The molecule has 3 heteroatoms. The van der Waals surface area contributed by atoms with E-state index in [2.05, 4.69) is 82.3 Å². The lowest BCUT2D eigenvalue weighted by molar-refractivity contribution is 0.207. The van der Waals surface area contributed by atoms with Crippen molar-refractivity contribution in [1.82, 2.24) is 15.0 Å². The molecule has 5 aliphatic carbocycles. The third kappa shape index (κ3) is 4.02. The summed E-state index contributed by atoms with van der Waals surface area (Å²) in [4.78, 5) is 16.3. The maximum Gasteiger partial charge on any atom is 0.163 e. The molecule has 4 unspecified atom stereocenters. The summed E-state index contributed by atoms with van der Waals surface area (Å²) < 4.78 is 0. The van der Waals surface area contributed by atoms with Crippen LogP contribution < -0.4 is 0 Å². The Morgan fingerprint density at radius 1 is 0.558 bits per heavy atom. The van der Waals surface area contributed by atoms with E-state index >= 15 is 0 Å². The molecule has 0 saturated heterocycles. The van der Waals surface area contributed by atoms with E-state index in [1.807, 2.05) is 0 Å². The predicted octanol–water partition coefficient (Wildman–Crippen LogP) is 9.93. The topological polar surface area (TPSA) is 38.7 Å². The fraction of sp³-hybridized carbons (Fsp3) is 0.525. The zero-order valence-electron chi connectivity index (χ0n) is 26.4. The average Bonchev–Trinajstić information content (AvgIpc) is 3.61. The summed E-state index contributed by atoms with van der Waals surface area (Å²) in [5.74, 6) is 6.40. The minimum Gasteiger partial charge on any atom is -0.217 e. The molecule has 4 fully saturated rings. The van der Waals surface area contributed by atoms with Crippen LogP contribution in [0.2, 0.25) is 0 Å². The highest BCUT2D eigenvalue weighted by atomic mass is 15.1. The van der Waals surface area contributed by atoms with Crippen LogP contribution in [0.15, 0.2) is 54.6 Å². The van der Waals surface area contributed by atoms with Crippen molar-refractivity contribution in [3.8, 4) is 22.5 Å². The number of rotatable bonds is 3. The lowest BCUT2D eigenvalue weighted by Gasteiger charge is -2.39. The van der Waals surface area contributed by atoms with Crippen molar-refractivity contribution in [2.75, 3.05) is 0 Å². The van der Waals surface area contributed by atoms with Gasteiger partial charge < -0.3 is 0 Å². The summed E-state index contributed by atoms with van der Waals surface area (Å²) in [5.41, 5.74) is 6.73. The Labute approximate surface area is 257 Å². The van der Waals surface area contributed by atoms with Crippen molar-refractivity contribution < 1.29 is 0 Å². The summed E-state index contributed by atoms with van der Waals surface area (Å²) in [6.45, 7) is 9.70. The normalized spacial score (nSPS) is 33.5. The van der Waals surface area contributed by atoms with Crippen LogP contribution in [0.25, 0.3) is 33.3 Å². The van der Waals surface area contributed by atoms with Gasteiger partial charge in [0, 0.05) is 21.8 Å². The first kappa shape index (κ1) is 26.3. The highest BCUT2D eigenvalue weighted by Crippen LogP contribution is 2.54. The highest BCUT2D eigenvalue weighted by molar-refractivity contribution is 5.94. The highest BCUT2D eigenvalue weighted by Gasteiger charge is 2.47. The third-order valence-corrected chi connectivity index (χ3v) is 12.8. The Hall–Kier alpha value is -3.07. The Bertz CT molecular complexity index is 1700.